The standard InChI is InChI=1S/C12H17NO2/c1-4-9(5-2)11-8-10(6-7-13-11)12(14)15-3/h6-9H,4-5H2,1-3H3. The highest BCUT2D eigenvalue weighted by molar-refractivity contribution is 5.89. The van der Waals surface area contributed by atoms with Gasteiger partial charge in [-0.15, -0.1) is 0 Å². The molecule has 3 heteroatoms. The minimum Gasteiger partial charge on any atom is -0.465 e. The van der Waals surface area contributed by atoms with E-state index in [2.05, 4.69) is 23.6 Å². The second-order valence-corrected chi connectivity index (χ2v) is 3.47. The van der Waals surface area contributed by atoms with Gasteiger partial charge in [-0.1, -0.05) is 13.8 Å². The fourth-order valence-electron chi connectivity index (χ4n) is 1.62. The smallest absolute Gasteiger partial charge is 0.337 e. The van der Waals surface area contributed by atoms with Crippen LogP contribution in [0.3, 0.4) is 0 Å². The second-order valence-electron chi connectivity index (χ2n) is 3.47. The van der Waals surface area contributed by atoms with E-state index in [-0.39, 0.29) is 5.97 Å². The zero-order valence-corrected chi connectivity index (χ0v) is 9.49. The molecule has 0 saturated heterocycles. The van der Waals surface area contributed by atoms with Crippen LogP contribution in [0, 0.1) is 0 Å². The van der Waals surface area contributed by atoms with Crippen molar-refractivity contribution in [3.05, 3.63) is 29.6 Å². The third kappa shape index (κ3) is 2.78. The van der Waals surface area contributed by atoms with Gasteiger partial charge in [-0.05, 0) is 25.0 Å². The average Bonchev–Trinajstić information content (AvgIpc) is 2.30. The molecule has 0 saturated carbocycles. The zero-order chi connectivity index (χ0) is 11.3. The van der Waals surface area contributed by atoms with Crippen molar-refractivity contribution in [2.45, 2.75) is 32.6 Å². The first-order valence-corrected chi connectivity index (χ1v) is 5.27. The summed E-state index contributed by atoms with van der Waals surface area (Å²) in [6.07, 6.45) is 3.74. The number of pyridine rings is 1. The van der Waals surface area contributed by atoms with Crippen molar-refractivity contribution in [2.75, 3.05) is 7.11 Å². The molecular formula is C12H17NO2. The van der Waals surface area contributed by atoms with Crippen LogP contribution in [0.5, 0.6) is 0 Å². The summed E-state index contributed by atoms with van der Waals surface area (Å²) < 4.78 is 4.67. The lowest BCUT2D eigenvalue weighted by molar-refractivity contribution is 0.0600. The Balaban J connectivity index is 2.96. The molecule has 0 aliphatic rings. The third-order valence-electron chi connectivity index (χ3n) is 2.61. The number of ether oxygens (including phenoxy) is 1. The number of nitrogens with zero attached hydrogens (tertiary/aromatic N) is 1. The Hall–Kier alpha value is -1.38. The van der Waals surface area contributed by atoms with Crippen LogP contribution in [0.4, 0.5) is 0 Å². The first-order chi connectivity index (χ1) is 7.22. The maximum atomic E-state index is 11.3. The molecule has 0 radical (unpaired) electrons. The number of carbonyl (C=O) groups is 1. The zero-order valence-electron chi connectivity index (χ0n) is 9.49. The number of aromatic nitrogens is 1. The molecule has 15 heavy (non-hydrogen) atoms. The van der Waals surface area contributed by atoms with E-state index in [1.807, 2.05) is 6.07 Å². The lowest BCUT2D eigenvalue weighted by Gasteiger charge is -2.11. The minimum absolute atomic E-state index is 0.301. The van der Waals surface area contributed by atoms with Gasteiger partial charge in [-0.2, -0.15) is 0 Å². The summed E-state index contributed by atoms with van der Waals surface area (Å²) in [7, 11) is 1.39. The molecule has 1 heterocycles. The van der Waals surface area contributed by atoms with Gasteiger partial charge in [0.15, 0.2) is 0 Å². The molecule has 1 aromatic rings. The second kappa shape index (κ2) is 5.49. The summed E-state index contributed by atoms with van der Waals surface area (Å²) in [5.74, 6) is 0.124. The Bertz CT molecular complexity index is 332. The van der Waals surface area contributed by atoms with Crippen LogP contribution in [0.15, 0.2) is 18.3 Å². The molecule has 0 atom stereocenters. The number of rotatable bonds is 4. The molecule has 0 N–H and O–H groups in total. The van der Waals surface area contributed by atoms with E-state index in [0.29, 0.717) is 11.5 Å². The molecule has 82 valence electrons. The summed E-state index contributed by atoms with van der Waals surface area (Å²) in [4.78, 5) is 15.6. The average molecular weight is 207 g/mol. The van der Waals surface area contributed by atoms with Crippen molar-refractivity contribution in [3.8, 4) is 0 Å². The van der Waals surface area contributed by atoms with Crippen molar-refractivity contribution >= 4 is 5.97 Å². The van der Waals surface area contributed by atoms with Gasteiger partial charge in [0.1, 0.15) is 0 Å². The molecule has 0 spiro atoms. The molecule has 1 rings (SSSR count). The monoisotopic (exact) mass is 207 g/mol. The third-order valence-corrected chi connectivity index (χ3v) is 2.61. The van der Waals surface area contributed by atoms with E-state index in [0.717, 1.165) is 18.5 Å². The van der Waals surface area contributed by atoms with Gasteiger partial charge < -0.3 is 4.74 Å². The summed E-state index contributed by atoms with van der Waals surface area (Å²) in [6, 6.07) is 3.50. The minimum atomic E-state index is -0.301. The van der Waals surface area contributed by atoms with Crippen LogP contribution in [-0.2, 0) is 4.74 Å². The quantitative estimate of drug-likeness (QED) is 0.713. The Morgan fingerprint density at radius 1 is 1.47 bits per heavy atom. The molecule has 0 unspecified atom stereocenters. The van der Waals surface area contributed by atoms with Gasteiger partial charge in [0, 0.05) is 17.8 Å². The Morgan fingerprint density at radius 2 is 2.13 bits per heavy atom. The largest absolute Gasteiger partial charge is 0.465 e. The molecule has 3 nitrogen and oxygen atoms in total. The van der Waals surface area contributed by atoms with Gasteiger partial charge in [0.2, 0.25) is 0 Å². The Labute approximate surface area is 90.5 Å². The van der Waals surface area contributed by atoms with E-state index in [1.165, 1.54) is 7.11 Å². The summed E-state index contributed by atoms with van der Waals surface area (Å²) in [6.45, 7) is 4.25. The lowest BCUT2D eigenvalue weighted by atomic mass is 9.98. The van der Waals surface area contributed by atoms with Gasteiger partial charge in [0.25, 0.3) is 0 Å². The topological polar surface area (TPSA) is 39.2 Å². The predicted octanol–water partition coefficient (Wildman–Crippen LogP) is 2.77. The Kier molecular flexibility index (Phi) is 4.28. The number of esters is 1. The fourth-order valence-corrected chi connectivity index (χ4v) is 1.62. The maximum Gasteiger partial charge on any atom is 0.337 e. The van der Waals surface area contributed by atoms with Gasteiger partial charge >= 0.3 is 5.97 Å². The molecule has 0 aliphatic carbocycles. The molecule has 0 aromatic carbocycles. The van der Waals surface area contributed by atoms with E-state index < -0.39 is 0 Å². The highest BCUT2D eigenvalue weighted by Crippen LogP contribution is 2.21. The normalized spacial score (nSPS) is 10.4. The van der Waals surface area contributed by atoms with Crippen molar-refractivity contribution < 1.29 is 9.53 Å². The molecule has 0 fully saturated rings. The van der Waals surface area contributed by atoms with Crippen LogP contribution in [0.2, 0.25) is 0 Å². The number of hydrogen-bond acceptors (Lipinski definition) is 3. The summed E-state index contributed by atoms with van der Waals surface area (Å²) in [5, 5.41) is 0. The number of carbonyl (C=O) groups excluding carboxylic acids is 1. The Morgan fingerprint density at radius 3 is 2.67 bits per heavy atom. The molecule has 0 bridgehead atoms. The van der Waals surface area contributed by atoms with Crippen molar-refractivity contribution in [1.29, 1.82) is 0 Å². The highest BCUT2D eigenvalue weighted by Gasteiger charge is 2.11. The first-order valence-electron chi connectivity index (χ1n) is 5.27. The fraction of sp³-hybridized carbons (Fsp3) is 0.500. The molecular weight excluding hydrogens is 190 g/mol. The van der Waals surface area contributed by atoms with Gasteiger partial charge in [-0.25, -0.2) is 4.79 Å². The van der Waals surface area contributed by atoms with Crippen molar-refractivity contribution in [1.82, 2.24) is 4.98 Å². The van der Waals surface area contributed by atoms with E-state index in [9.17, 15) is 4.79 Å². The van der Waals surface area contributed by atoms with Gasteiger partial charge in [-0.3, -0.25) is 4.98 Å². The van der Waals surface area contributed by atoms with Crippen molar-refractivity contribution in [2.24, 2.45) is 0 Å². The molecule has 1 aromatic heterocycles. The van der Waals surface area contributed by atoms with Crippen LogP contribution < -0.4 is 0 Å². The van der Waals surface area contributed by atoms with Crippen LogP contribution >= 0.6 is 0 Å². The number of hydrogen-bond donors (Lipinski definition) is 0. The van der Waals surface area contributed by atoms with E-state index >= 15 is 0 Å². The van der Waals surface area contributed by atoms with Crippen LogP contribution in [0.1, 0.15) is 48.7 Å². The van der Waals surface area contributed by atoms with Gasteiger partial charge in [0.05, 0.1) is 12.7 Å². The SMILES string of the molecule is CCC(CC)c1cc(C(=O)OC)ccn1. The van der Waals surface area contributed by atoms with Crippen molar-refractivity contribution in [3.63, 3.8) is 0 Å². The van der Waals surface area contributed by atoms with Crippen LogP contribution in [-0.4, -0.2) is 18.1 Å². The lowest BCUT2D eigenvalue weighted by Crippen LogP contribution is -2.05. The van der Waals surface area contributed by atoms with Crippen LogP contribution in [0.25, 0.3) is 0 Å². The summed E-state index contributed by atoms with van der Waals surface area (Å²) >= 11 is 0. The first kappa shape index (κ1) is 11.7. The van der Waals surface area contributed by atoms with E-state index in [1.54, 1.807) is 12.3 Å². The van der Waals surface area contributed by atoms with E-state index in [4.69, 9.17) is 0 Å². The number of methoxy groups -OCH3 is 1. The molecule has 0 amide bonds. The summed E-state index contributed by atoms with van der Waals surface area (Å²) in [5.41, 5.74) is 1.55. The maximum absolute atomic E-state index is 11.3. The molecule has 0 aliphatic heterocycles. The highest BCUT2D eigenvalue weighted by atomic mass is 16.5. The predicted molar refractivity (Wildman–Crippen MR) is 58.9 cm³/mol.